The van der Waals surface area contributed by atoms with Crippen molar-refractivity contribution in [3.8, 4) is 11.1 Å². The van der Waals surface area contributed by atoms with Crippen LogP contribution in [0.5, 0.6) is 0 Å². The van der Waals surface area contributed by atoms with Crippen LogP contribution in [0, 0.1) is 5.41 Å². The van der Waals surface area contributed by atoms with E-state index in [1.807, 2.05) is 30.3 Å². The second-order valence-electron chi connectivity index (χ2n) is 5.87. The second-order valence-corrected chi connectivity index (χ2v) is 5.87. The lowest BCUT2D eigenvalue weighted by Crippen LogP contribution is -2.34. The molecule has 0 saturated carbocycles. The van der Waals surface area contributed by atoms with Crippen LogP contribution >= 0.6 is 0 Å². The molecule has 5 nitrogen and oxygen atoms in total. The van der Waals surface area contributed by atoms with Crippen molar-refractivity contribution < 1.29 is 19.1 Å². The topological polar surface area (TPSA) is 70.8 Å². The Bertz CT molecular complexity index is 706. The summed E-state index contributed by atoms with van der Waals surface area (Å²) < 4.78 is 5.38. The lowest BCUT2D eigenvalue weighted by Gasteiger charge is -2.19. The molecule has 5 heteroatoms. The molecule has 1 N–H and O–H groups in total. The standard InChI is InChI=1S/C17H17NO4/c1-17(16(20)21)8-9-18(11-17)15(19)14-13(7-10-22-14)12-5-3-2-4-6-12/h2-7,10H,8-9,11H2,1H3,(H,20,21). The normalized spacial score (nSPS) is 21.0. The molecule has 1 fully saturated rings. The van der Waals surface area contributed by atoms with Gasteiger partial charge in [-0.2, -0.15) is 0 Å². The molecule has 2 heterocycles. The van der Waals surface area contributed by atoms with Crippen molar-refractivity contribution in [3.05, 3.63) is 48.4 Å². The fraction of sp³-hybridized carbons (Fsp3) is 0.294. The van der Waals surface area contributed by atoms with E-state index in [1.165, 1.54) is 6.26 Å². The molecule has 0 spiro atoms. The molecule has 1 amide bonds. The van der Waals surface area contributed by atoms with Crippen molar-refractivity contribution >= 4 is 11.9 Å². The van der Waals surface area contributed by atoms with Gasteiger partial charge in [0.15, 0.2) is 5.76 Å². The SMILES string of the molecule is CC1(C(=O)O)CCN(C(=O)c2occc2-c2ccccc2)C1. The zero-order chi connectivity index (χ0) is 15.7. The predicted octanol–water partition coefficient (Wildman–Crippen LogP) is 2.88. The molecule has 1 aliphatic heterocycles. The predicted molar refractivity (Wildman–Crippen MR) is 80.4 cm³/mol. The van der Waals surface area contributed by atoms with Gasteiger partial charge >= 0.3 is 5.97 Å². The fourth-order valence-electron chi connectivity index (χ4n) is 2.77. The molecule has 0 bridgehead atoms. The first-order valence-corrected chi connectivity index (χ1v) is 7.17. The van der Waals surface area contributed by atoms with Crippen molar-refractivity contribution in [1.29, 1.82) is 0 Å². The fourth-order valence-corrected chi connectivity index (χ4v) is 2.77. The minimum absolute atomic E-state index is 0.204. The van der Waals surface area contributed by atoms with Gasteiger partial charge in [-0.25, -0.2) is 0 Å². The highest BCUT2D eigenvalue weighted by molar-refractivity contribution is 5.98. The van der Waals surface area contributed by atoms with Gasteiger partial charge in [-0.1, -0.05) is 30.3 Å². The number of carbonyl (C=O) groups excluding carboxylic acids is 1. The monoisotopic (exact) mass is 299 g/mol. The molecule has 0 aliphatic carbocycles. The minimum Gasteiger partial charge on any atom is -0.481 e. The van der Waals surface area contributed by atoms with Gasteiger partial charge in [0.2, 0.25) is 0 Å². The number of nitrogens with zero attached hydrogens (tertiary/aromatic N) is 1. The number of benzene rings is 1. The Morgan fingerprint density at radius 1 is 1.23 bits per heavy atom. The summed E-state index contributed by atoms with van der Waals surface area (Å²) in [5.41, 5.74) is 0.754. The van der Waals surface area contributed by atoms with Crippen LogP contribution in [-0.4, -0.2) is 35.0 Å². The Morgan fingerprint density at radius 2 is 1.95 bits per heavy atom. The van der Waals surface area contributed by atoms with Crippen LogP contribution in [0.3, 0.4) is 0 Å². The zero-order valence-electron chi connectivity index (χ0n) is 12.3. The molecule has 1 atom stereocenters. The Morgan fingerprint density at radius 3 is 2.59 bits per heavy atom. The van der Waals surface area contributed by atoms with Crippen LogP contribution in [-0.2, 0) is 4.79 Å². The molecule has 114 valence electrons. The van der Waals surface area contributed by atoms with Crippen LogP contribution in [0.25, 0.3) is 11.1 Å². The first kappa shape index (κ1) is 14.4. The van der Waals surface area contributed by atoms with E-state index < -0.39 is 11.4 Å². The Hall–Kier alpha value is -2.56. The molecule has 3 rings (SSSR count). The van der Waals surface area contributed by atoms with Crippen LogP contribution in [0.4, 0.5) is 0 Å². The van der Waals surface area contributed by atoms with Crippen molar-refractivity contribution in [3.63, 3.8) is 0 Å². The van der Waals surface area contributed by atoms with E-state index in [0.29, 0.717) is 13.0 Å². The molecule has 2 aromatic rings. The quantitative estimate of drug-likeness (QED) is 0.946. The van der Waals surface area contributed by atoms with E-state index in [1.54, 1.807) is 17.9 Å². The number of aliphatic carboxylic acids is 1. The smallest absolute Gasteiger partial charge is 0.311 e. The maximum atomic E-state index is 12.7. The molecule has 0 radical (unpaired) electrons. The summed E-state index contributed by atoms with van der Waals surface area (Å²) in [6.07, 6.45) is 1.94. The van der Waals surface area contributed by atoms with Gasteiger partial charge in [-0.3, -0.25) is 9.59 Å². The van der Waals surface area contributed by atoms with Gasteiger partial charge < -0.3 is 14.4 Å². The third kappa shape index (κ3) is 2.39. The van der Waals surface area contributed by atoms with Gasteiger partial charge in [-0.15, -0.1) is 0 Å². The van der Waals surface area contributed by atoms with E-state index in [2.05, 4.69) is 0 Å². The van der Waals surface area contributed by atoms with Crippen molar-refractivity contribution in [2.24, 2.45) is 5.41 Å². The van der Waals surface area contributed by atoms with Gasteiger partial charge in [-0.05, 0) is 25.0 Å². The number of amides is 1. The third-order valence-electron chi connectivity index (χ3n) is 4.22. The first-order chi connectivity index (χ1) is 10.5. The van der Waals surface area contributed by atoms with Crippen LogP contribution in [0.2, 0.25) is 0 Å². The highest BCUT2D eigenvalue weighted by Crippen LogP contribution is 2.33. The number of carbonyl (C=O) groups is 2. The summed E-state index contributed by atoms with van der Waals surface area (Å²) in [6.45, 7) is 2.30. The van der Waals surface area contributed by atoms with E-state index in [9.17, 15) is 14.7 Å². The summed E-state index contributed by atoms with van der Waals surface area (Å²) in [7, 11) is 0. The van der Waals surface area contributed by atoms with Crippen LogP contribution in [0.15, 0.2) is 47.1 Å². The highest BCUT2D eigenvalue weighted by Gasteiger charge is 2.43. The largest absolute Gasteiger partial charge is 0.481 e. The molecular formula is C17H17NO4. The maximum Gasteiger partial charge on any atom is 0.311 e. The average Bonchev–Trinajstić information content (AvgIpc) is 3.15. The summed E-state index contributed by atoms with van der Waals surface area (Å²) in [5, 5.41) is 9.27. The molecule has 1 aliphatic rings. The minimum atomic E-state index is -0.880. The van der Waals surface area contributed by atoms with Crippen LogP contribution < -0.4 is 0 Å². The van der Waals surface area contributed by atoms with Crippen molar-refractivity contribution in [2.75, 3.05) is 13.1 Å². The van der Waals surface area contributed by atoms with Gasteiger partial charge in [0.1, 0.15) is 0 Å². The molecule has 22 heavy (non-hydrogen) atoms. The highest BCUT2D eigenvalue weighted by atomic mass is 16.4. The number of carboxylic acid groups (broad SMARTS) is 1. The summed E-state index contributed by atoms with van der Waals surface area (Å²) in [5.74, 6) is -0.861. The Kier molecular flexibility index (Phi) is 3.48. The van der Waals surface area contributed by atoms with Crippen LogP contribution in [0.1, 0.15) is 23.9 Å². The van der Waals surface area contributed by atoms with E-state index in [0.717, 1.165) is 11.1 Å². The summed E-state index contributed by atoms with van der Waals surface area (Å²) >= 11 is 0. The lowest BCUT2D eigenvalue weighted by atomic mass is 9.90. The molecule has 1 aromatic heterocycles. The van der Waals surface area contributed by atoms with Crippen molar-refractivity contribution in [1.82, 2.24) is 4.90 Å². The van der Waals surface area contributed by atoms with E-state index >= 15 is 0 Å². The number of rotatable bonds is 3. The van der Waals surface area contributed by atoms with Gasteiger partial charge in [0.05, 0.1) is 11.7 Å². The zero-order valence-corrected chi connectivity index (χ0v) is 12.3. The molecule has 1 unspecified atom stereocenters. The molecule has 1 saturated heterocycles. The number of carboxylic acids is 1. The van der Waals surface area contributed by atoms with E-state index in [-0.39, 0.29) is 18.2 Å². The van der Waals surface area contributed by atoms with Gasteiger partial charge in [0.25, 0.3) is 5.91 Å². The third-order valence-corrected chi connectivity index (χ3v) is 4.22. The van der Waals surface area contributed by atoms with Gasteiger partial charge in [0, 0.05) is 18.7 Å². The number of hydrogen-bond donors (Lipinski definition) is 1. The van der Waals surface area contributed by atoms with Crippen molar-refractivity contribution in [2.45, 2.75) is 13.3 Å². The maximum absolute atomic E-state index is 12.7. The Labute approximate surface area is 128 Å². The Balaban J connectivity index is 1.86. The summed E-state index contributed by atoms with van der Waals surface area (Å²) in [6, 6.07) is 11.3. The number of furan rings is 1. The van der Waals surface area contributed by atoms with E-state index in [4.69, 9.17) is 4.42 Å². The second kappa shape index (κ2) is 5.33. The first-order valence-electron chi connectivity index (χ1n) is 7.17. The number of hydrogen-bond acceptors (Lipinski definition) is 3. The molecule has 1 aromatic carbocycles. The average molecular weight is 299 g/mol. The number of likely N-dealkylation sites (tertiary alicyclic amines) is 1. The summed E-state index contributed by atoms with van der Waals surface area (Å²) in [4.78, 5) is 25.5. The lowest BCUT2D eigenvalue weighted by molar-refractivity contribution is -0.147. The molecular weight excluding hydrogens is 282 g/mol.